The second kappa shape index (κ2) is 7.83. The van der Waals surface area contributed by atoms with Crippen LogP contribution >= 0.6 is 28.9 Å². The van der Waals surface area contributed by atoms with E-state index in [4.69, 9.17) is 28.9 Å². The van der Waals surface area contributed by atoms with Crippen LogP contribution in [-0.2, 0) is 0 Å². The minimum Gasteiger partial charge on any atom is -0.0622 e. The van der Waals surface area contributed by atoms with Crippen LogP contribution in [0.5, 0.6) is 0 Å². The van der Waals surface area contributed by atoms with Gasteiger partial charge in [-0.25, -0.2) is 0 Å². The molecule has 53 valence electrons. The van der Waals surface area contributed by atoms with Crippen LogP contribution in [-0.4, -0.2) is 13.2 Å². The first-order chi connectivity index (χ1) is 4.73. The van der Waals surface area contributed by atoms with E-state index < -0.39 is 13.2 Å². The van der Waals surface area contributed by atoms with Crippen LogP contribution in [0.25, 0.3) is 0 Å². The maximum Gasteiger partial charge on any atom is -0.0184 e. The van der Waals surface area contributed by atoms with E-state index in [-0.39, 0.29) is 0 Å². The summed E-state index contributed by atoms with van der Waals surface area (Å²) in [5.41, 5.74) is 0. The Morgan fingerprint density at radius 2 is 1.30 bits per heavy atom. The third kappa shape index (κ3) is 11.5. The molecule has 1 radical (unpaired) electrons. The van der Waals surface area contributed by atoms with Crippen molar-refractivity contribution in [2.75, 3.05) is 0 Å². The normalized spacial score (nSPS) is 7.50. The Hall–Kier alpha value is 0.726. The molecule has 0 heterocycles. The van der Waals surface area contributed by atoms with Crippen molar-refractivity contribution in [3.63, 3.8) is 0 Å². The van der Waals surface area contributed by atoms with Gasteiger partial charge in [0.1, 0.15) is 0 Å². The van der Waals surface area contributed by atoms with Crippen molar-refractivity contribution in [1.29, 1.82) is 0 Å². The fourth-order valence-corrected chi connectivity index (χ4v) is 0.342. The summed E-state index contributed by atoms with van der Waals surface area (Å²) < 4.78 is 0. The van der Waals surface area contributed by atoms with E-state index in [1.807, 2.05) is 30.3 Å². The van der Waals surface area contributed by atoms with Crippen molar-refractivity contribution < 1.29 is 0 Å². The summed E-state index contributed by atoms with van der Waals surface area (Å²) in [6.07, 6.45) is 0. The summed E-state index contributed by atoms with van der Waals surface area (Å²) in [6, 6.07) is 12.5. The second-order valence-corrected chi connectivity index (χ2v) is 12.6. The molecular weight excluding hydrogens is 248 g/mol. The number of hydrogen-bond donors (Lipinski definition) is 0. The minimum absolute atomic E-state index is 1.88. The molecule has 0 bridgehead atoms. The first-order valence-electron chi connectivity index (χ1n) is 2.57. The number of benzene rings is 1. The molecule has 0 aromatic heterocycles. The molecule has 0 saturated carbocycles. The van der Waals surface area contributed by atoms with Gasteiger partial charge in [0.05, 0.1) is 0 Å². The Bertz CT molecular complexity index is 113. The first-order valence-corrected chi connectivity index (χ1v) is 12.1. The molecule has 0 aliphatic rings. The van der Waals surface area contributed by atoms with Gasteiger partial charge in [0.25, 0.3) is 0 Å². The molecule has 0 nitrogen and oxygen atoms in total. The van der Waals surface area contributed by atoms with E-state index in [1.165, 1.54) is 0 Å². The van der Waals surface area contributed by atoms with E-state index >= 15 is 0 Å². The quantitative estimate of drug-likeness (QED) is 0.623. The van der Waals surface area contributed by atoms with Crippen molar-refractivity contribution >= 4 is 42.1 Å². The Kier molecular flexibility index (Phi) is 8.40. The van der Waals surface area contributed by atoms with Crippen LogP contribution in [0.2, 0.25) is 0 Å². The molecule has 1 aromatic carbocycles. The Balaban J connectivity index is 0.000000180. The fourth-order valence-electron chi connectivity index (χ4n) is 0.342. The van der Waals surface area contributed by atoms with Crippen LogP contribution < -0.4 is 0 Å². The molecule has 4 heteroatoms. The molecule has 10 heavy (non-hydrogen) atoms. The van der Waals surface area contributed by atoms with Crippen molar-refractivity contribution in [2.45, 2.75) is 0 Å². The van der Waals surface area contributed by atoms with Crippen LogP contribution in [0.3, 0.4) is 0 Å². The second-order valence-electron chi connectivity index (χ2n) is 1.32. The van der Waals surface area contributed by atoms with Gasteiger partial charge in [-0.2, -0.15) is 0 Å². The fraction of sp³-hybridized carbons (Fsp3) is 0. The van der Waals surface area contributed by atoms with E-state index in [0.717, 1.165) is 0 Å². The van der Waals surface area contributed by atoms with E-state index in [0.29, 0.717) is 0 Å². The van der Waals surface area contributed by atoms with Crippen molar-refractivity contribution in [3.05, 3.63) is 36.4 Å². The van der Waals surface area contributed by atoms with Gasteiger partial charge in [-0.15, -0.1) is 0 Å². The summed E-state index contributed by atoms with van der Waals surface area (Å²) in [5.74, 6) is 0. The van der Waals surface area contributed by atoms with Crippen LogP contribution in [0.4, 0.5) is 0 Å². The molecule has 1 aromatic rings. The van der Waals surface area contributed by atoms with Gasteiger partial charge in [0.2, 0.25) is 0 Å². The molecule has 0 fully saturated rings. The average Bonchev–Trinajstić information content (AvgIpc) is 1.90. The molecule has 0 spiro atoms. The zero-order valence-corrected chi connectivity index (χ0v) is 9.79. The van der Waals surface area contributed by atoms with Crippen LogP contribution in [0, 0.1) is 6.07 Å². The average molecular weight is 253 g/mol. The summed E-state index contributed by atoms with van der Waals surface area (Å²) >= 11 is -2.06. The first kappa shape index (κ1) is 10.7. The predicted octanol–water partition coefficient (Wildman–Crippen LogP) is 3.17. The predicted molar refractivity (Wildman–Crippen MR) is 48.6 cm³/mol. The minimum atomic E-state index is -2.06. The molecule has 1 rings (SSSR count). The zero-order chi connectivity index (χ0) is 7.82. The number of rotatable bonds is 0. The van der Waals surface area contributed by atoms with Crippen LogP contribution in [0.1, 0.15) is 0 Å². The van der Waals surface area contributed by atoms with Crippen molar-refractivity contribution in [1.82, 2.24) is 0 Å². The van der Waals surface area contributed by atoms with Crippen molar-refractivity contribution in [2.24, 2.45) is 0 Å². The van der Waals surface area contributed by atoms with Gasteiger partial charge in [-0.05, 0) is 6.07 Å². The van der Waals surface area contributed by atoms with Gasteiger partial charge in [-0.3, -0.25) is 0 Å². The smallest absolute Gasteiger partial charge is 0.0184 e. The molecule has 0 N–H and O–H groups in total. The van der Waals surface area contributed by atoms with Gasteiger partial charge >= 0.3 is 42.1 Å². The van der Waals surface area contributed by atoms with E-state index in [2.05, 4.69) is 6.07 Å². The molecule has 0 amide bonds. The summed E-state index contributed by atoms with van der Waals surface area (Å²) in [7, 11) is 15.0. The third-order valence-electron chi connectivity index (χ3n) is 0.607. The summed E-state index contributed by atoms with van der Waals surface area (Å²) in [4.78, 5) is 0. The van der Waals surface area contributed by atoms with Gasteiger partial charge < -0.3 is 0 Å². The van der Waals surface area contributed by atoms with Gasteiger partial charge in [-0.1, -0.05) is 30.3 Å². The number of halogens is 3. The molecule has 0 atom stereocenters. The standard InChI is InChI=1S/C6H5.3ClH.Ga/c1-2-4-6-5-3-1;;;;/h1-5H;3*1H;/q;;;;+3/p-3. The number of hydrogen-bond acceptors (Lipinski definition) is 0. The summed E-state index contributed by atoms with van der Waals surface area (Å²) in [5, 5.41) is 0. The largest absolute Gasteiger partial charge is 0.0622 e. The SMILES string of the molecule is [Cl][Ga]([Cl])[Cl].[c]1ccccc1. The third-order valence-corrected chi connectivity index (χ3v) is 0.607. The van der Waals surface area contributed by atoms with Crippen molar-refractivity contribution in [3.8, 4) is 0 Å². The Labute approximate surface area is 78.2 Å². The molecule has 0 saturated heterocycles. The maximum atomic E-state index is 4.99. The zero-order valence-electron chi connectivity index (χ0n) is 5.10. The monoisotopic (exact) mass is 251 g/mol. The maximum absolute atomic E-state index is 4.99. The Morgan fingerprint density at radius 3 is 1.40 bits per heavy atom. The molecular formula is C6H5Cl3Ga. The molecule has 0 aliphatic carbocycles. The topological polar surface area (TPSA) is 0 Å². The Morgan fingerprint density at radius 1 is 0.900 bits per heavy atom. The molecule has 0 aliphatic heterocycles. The summed E-state index contributed by atoms with van der Waals surface area (Å²) in [6.45, 7) is 0. The van der Waals surface area contributed by atoms with E-state index in [1.54, 1.807) is 0 Å². The van der Waals surface area contributed by atoms with Crippen LogP contribution in [0.15, 0.2) is 30.3 Å². The van der Waals surface area contributed by atoms with Gasteiger partial charge in [0, 0.05) is 0 Å². The molecule has 0 unspecified atom stereocenters. The van der Waals surface area contributed by atoms with E-state index in [9.17, 15) is 0 Å². The van der Waals surface area contributed by atoms with Gasteiger partial charge in [0.15, 0.2) is 0 Å².